The molecule has 5 heteroatoms. The van der Waals surface area contributed by atoms with E-state index in [4.69, 9.17) is 17.3 Å². The maximum atomic E-state index is 5.80. The van der Waals surface area contributed by atoms with Crippen LogP contribution in [0.5, 0.6) is 0 Å². The molecule has 0 amide bonds. The molecule has 1 heterocycles. The first kappa shape index (κ1) is 11.2. The Bertz CT molecular complexity index is 479. The number of aromatic nitrogens is 1. The fraction of sp³-hybridized carbons (Fsp3) is 0. The number of hydrogen-bond donors (Lipinski definition) is 2. The van der Waals surface area contributed by atoms with Crippen molar-refractivity contribution in [2.24, 2.45) is 0 Å². The number of anilines is 3. The van der Waals surface area contributed by atoms with Crippen LogP contribution in [0.3, 0.4) is 0 Å². The van der Waals surface area contributed by atoms with Gasteiger partial charge in [-0.25, -0.2) is 4.98 Å². The Hall–Kier alpha value is -1.26. The Morgan fingerprint density at radius 2 is 1.88 bits per heavy atom. The first-order valence-electron chi connectivity index (χ1n) is 4.59. The van der Waals surface area contributed by atoms with Gasteiger partial charge in [0.05, 0.1) is 0 Å². The fourth-order valence-electron chi connectivity index (χ4n) is 1.26. The van der Waals surface area contributed by atoms with Gasteiger partial charge in [-0.2, -0.15) is 0 Å². The Morgan fingerprint density at radius 1 is 1.19 bits per heavy atom. The molecular formula is C11H9BrClN3. The molecule has 0 aliphatic heterocycles. The number of nitrogen functional groups attached to an aromatic ring is 1. The lowest BCUT2D eigenvalue weighted by atomic mass is 10.3. The normalized spacial score (nSPS) is 10.1. The van der Waals surface area contributed by atoms with E-state index in [1.165, 1.54) is 0 Å². The lowest BCUT2D eigenvalue weighted by Crippen LogP contribution is -1.95. The largest absolute Gasteiger partial charge is 0.399 e. The first-order valence-corrected chi connectivity index (χ1v) is 5.76. The SMILES string of the molecule is Nc1cc(Cl)nc(Nc2ccc(Br)cc2)c1. The minimum absolute atomic E-state index is 0.375. The molecule has 82 valence electrons. The molecule has 1 aromatic heterocycles. The van der Waals surface area contributed by atoms with Crippen LogP contribution in [0.25, 0.3) is 0 Å². The fourth-order valence-corrected chi connectivity index (χ4v) is 1.74. The average molecular weight is 299 g/mol. The smallest absolute Gasteiger partial charge is 0.134 e. The second-order valence-electron chi connectivity index (χ2n) is 3.24. The van der Waals surface area contributed by atoms with Gasteiger partial charge in [-0.1, -0.05) is 27.5 Å². The maximum absolute atomic E-state index is 5.80. The molecule has 0 saturated heterocycles. The number of benzene rings is 1. The van der Waals surface area contributed by atoms with Crippen LogP contribution in [0.4, 0.5) is 17.2 Å². The van der Waals surface area contributed by atoms with Crippen LogP contribution in [0.1, 0.15) is 0 Å². The molecule has 0 aliphatic rings. The summed E-state index contributed by atoms with van der Waals surface area (Å²) in [6.07, 6.45) is 0. The van der Waals surface area contributed by atoms with Gasteiger partial charge in [0.25, 0.3) is 0 Å². The van der Waals surface area contributed by atoms with Crippen LogP contribution in [-0.2, 0) is 0 Å². The number of pyridine rings is 1. The van der Waals surface area contributed by atoms with Crippen LogP contribution in [0.2, 0.25) is 5.15 Å². The second-order valence-corrected chi connectivity index (χ2v) is 4.54. The highest BCUT2D eigenvalue weighted by molar-refractivity contribution is 9.10. The standard InChI is InChI=1S/C11H9BrClN3/c12-7-1-3-9(4-2-7)15-11-6-8(14)5-10(13)16-11/h1-6H,(H3,14,15,16). The van der Waals surface area contributed by atoms with Gasteiger partial charge in [-0.3, -0.25) is 0 Å². The maximum Gasteiger partial charge on any atom is 0.134 e. The Balaban J connectivity index is 2.23. The van der Waals surface area contributed by atoms with Crippen molar-refractivity contribution in [2.45, 2.75) is 0 Å². The van der Waals surface area contributed by atoms with Gasteiger partial charge in [0.15, 0.2) is 0 Å². The zero-order valence-electron chi connectivity index (χ0n) is 8.24. The average Bonchev–Trinajstić information content (AvgIpc) is 2.20. The molecule has 2 aromatic rings. The zero-order chi connectivity index (χ0) is 11.5. The zero-order valence-corrected chi connectivity index (χ0v) is 10.6. The minimum atomic E-state index is 0.375. The van der Waals surface area contributed by atoms with E-state index in [9.17, 15) is 0 Å². The van der Waals surface area contributed by atoms with Crippen LogP contribution >= 0.6 is 27.5 Å². The van der Waals surface area contributed by atoms with E-state index in [0.717, 1.165) is 10.2 Å². The number of nitrogens with one attached hydrogen (secondary N) is 1. The molecule has 0 aliphatic carbocycles. The van der Waals surface area contributed by atoms with Crippen LogP contribution in [0.15, 0.2) is 40.9 Å². The summed E-state index contributed by atoms with van der Waals surface area (Å²) in [5.74, 6) is 0.632. The summed E-state index contributed by atoms with van der Waals surface area (Å²) in [5, 5.41) is 3.49. The molecule has 0 bridgehead atoms. The van der Waals surface area contributed by atoms with E-state index >= 15 is 0 Å². The predicted octanol–water partition coefficient (Wildman–Crippen LogP) is 3.82. The summed E-state index contributed by atoms with van der Waals surface area (Å²) in [4.78, 5) is 4.11. The molecule has 3 N–H and O–H groups in total. The van der Waals surface area contributed by atoms with E-state index in [1.807, 2.05) is 24.3 Å². The number of nitrogens with two attached hydrogens (primary N) is 1. The third kappa shape index (κ3) is 2.87. The number of halogens is 2. The Morgan fingerprint density at radius 3 is 2.50 bits per heavy atom. The molecule has 0 atom stereocenters. The summed E-state index contributed by atoms with van der Waals surface area (Å²) in [5.41, 5.74) is 7.18. The van der Waals surface area contributed by atoms with Crippen molar-refractivity contribution < 1.29 is 0 Å². The number of rotatable bonds is 2. The third-order valence-electron chi connectivity index (χ3n) is 1.93. The monoisotopic (exact) mass is 297 g/mol. The van der Waals surface area contributed by atoms with Crippen LogP contribution in [0, 0.1) is 0 Å². The van der Waals surface area contributed by atoms with Crippen molar-refractivity contribution in [1.29, 1.82) is 0 Å². The van der Waals surface area contributed by atoms with Gasteiger partial charge in [-0.05, 0) is 30.3 Å². The lowest BCUT2D eigenvalue weighted by Gasteiger charge is -2.06. The molecule has 0 radical (unpaired) electrons. The highest BCUT2D eigenvalue weighted by Gasteiger charge is 1.99. The molecule has 2 rings (SSSR count). The van der Waals surface area contributed by atoms with Gasteiger partial charge in [0.1, 0.15) is 11.0 Å². The van der Waals surface area contributed by atoms with Crippen molar-refractivity contribution in [3.05, 3.63) is 46.0 Å². The molecule has 0 unspecified atom stereocenters. The van der Waals surface area contributed by atoms with Crippen molar-refractivity contribution in [3.8, 4) is 0 Å². The molecule has 0 saturated carbocycles. The second kappa shape index (κ2) is 4.72. The summed E-state index contributed by atoms with van der Waals surface area (Å²) in [7, 11) is 0. The molecule has 0 spiro atoms. The number of hydrogen-bond acceptors (Lipinski definition) is 3. The lowest BCUT2D eigenvalue weighted by molar-refractivity contribution is 1.31. The highest BCUT2D eigenvalue weighted by Crippen LogP contribution is 2.21. The van der Waals surface area contributed by atoms with Gasteiger partial charge in [-0.15, -0.1) is 0 Å². The van der Waals surface area contributed by atoms with Crippen LogP contribution in [-0.4, -0.2) is 4.98 Å². The van der Waals surface area contributed by atoms with Crippen molar-refractivity contribution in [1.82, 2.24) is 4.98 Å². The first-order chi connectivity index (χ1) is 7.63. The van der Waals surface area contributed by atoms with E-state index in [2.05, 4.69) is 26.2 Å². The van der Waals surface area contributed by atoms with Gasteiger partial charge < -0.3 is 11.1 Å². The predicted molar refractivity (Wildman–Crippen MR) is 71.1 cm³/mol. The van der Waals surface area contributed by atoms with Crippen molar-refractivity contribution >= 4 is 44.7 Å². The number of nitrogens with zero attached hydrogens (tertiary/aromatic N) is 1. The molecule has 1 aromatic carbocycles. The topological polar surface area (TPSA) is 50.9 Å². The molecule has 16 heavy (non-hydrogen) atoms. The van der Waals surface area contributed by atoms with E-state index in [0.29, 0.717) is 16.7 Å². The van der Waals surface area contributed by atoms with Gasteiger partial charge in [0, 0.05) is 21.9 Å². The van der Waals surface area contributed by atoms with E-state index in [-0.39, 0.29) is 0 Å². The highest BCUT2D eigenvalue weighted by atomic mass is 79.9. The molecular weight excluding hydrogens is 289 g/mol. The van der Waals surface area contributed by atoms with Gasteiger partial charge >= 0.3 is 0 Å². The summed E-state index contributed by atoms with van der Waals surface area (Å²) in [6, 6.07) is 11.1. The van der Waals surface area contributed by atoms with Crippen molar-refractivity contribution in [2.75, 3.05) is 11.1 Å². The van der Waals surface area contributed by atoms with Crippen LogP contribution < -0.4 is 11.1 Å². The third-order valence-corrected chi connectivity index (χ3v) is 2.66. The molecule has 3 nitrogen and oxygen atoms in total. The summed E-state index contributed by atoms with van der Waals surface area (Å²) >= 11 is 9.17. The van der Waals surface area contributed by atoms with E-state index < -0.39 is 0 Å². The summed E-state index contributed by atoms with van der Waals surface area (Å²) < 4.78 is 1.02. The summed E-state index contributed by atoms with van der Waals surface area (Å²) in [6.45, 7) is 0. The Kier molecular flexibility index (Phi) is 3.31. The van der Waals surface area contributed by atoms with Crippen molar-refractivity contribution in [3.63, 3.8) is 0 Å². The molecule has 0 fully saturated rings. The van der Waals surface area contributed by atoms with Gasteiger partial charge in [0.2, 0.25) is 0 Å². The quantitative estimate of drug-likeness (QED) is 0.829. The van der Waals surface area contributed by atoms with E-state index in [1.54, 1.807) is 12.1 Å². The minimum Gasteiger partial charge on any atom is -0.399 e. The Labute approximate surface area is 107 Å².